The van der Waals surface area contributed by atoms with Crippen molar-refractivity contribution in [3.63, 3.8) is 0 Å². The van der Waals surface area contributed by atoms with E-state index in [1.807, 2.05) is 24.3 Å². The normalized spacial score (nSPS) is 10.5. The Labute approximate surface area is 173 Å². The third-order valence-electron chi connectivity index (χ3n) is 4.37. The second kappa shape index (κ2) is 9.55. The van der Waals surface area contributed by atoms with Crippen LogP contribution in [0.1, 0.15) is 29.1 Å². The van der Waals surface area contributed by atoms with Crippen LogP contribution in [-0.4, -0.2) is 36.2 Å². The molecule has 0 bridgehead atoms. The molecule has 9 heteroatoms. The number of hydrogen-bond donors (Lipinski definition) is 2. The fraction of sp³-hybridized carbons (Fsp3) is 0.238. The summed E-state index contributed by atoms with van der Waals surface area (Å²) >= 11 is 0. The molecule has 30 heavy (non-hydrogen) atoms. The highest BCUT2D eigenvalue weighted by Gasteiger charge is 2.13. The summed E-state index contributed by atoms with van der Waals surface area (Å²) in [6.07, 6.45) is 1.19. The average molecular weight is 410 g/mol. The molecular weight excluding hydrogens is 388 g/mol. The second-order valence-corrected chi connectivity index (χ2v) is 6.42. The molecule has 3 aromatic rings. The van der Waals surface area contributed by atoms with Gasteiger partial charge in [0.25, 0.3) is 0 Å². The Hall–Kier alpha value is -3.88. The van der Waals surface area contributed by atoms with E-state index in [-0.39, 0.29) is 17.9 Å². The first-order valence-electron chi connectivity index (χ1n) is 9.25. The maximum absolute atomic E-state index is 12.3. The van der Waals surface area contributed by atoms with Gasteiger partial charge < -0.3 is 25.0 Å². The van der Waals surface area contributed by atoms with Crippen LogP contribution >= 0.6 is 0 Å². The van der Waals surface area contributed by atoms with Gasteiger partial charge in [0.05, 0.1) is 19.9 Å². The van der Waals surface area contributed by atoms with Crippen LogP contribution in [0.5, 0.6) is 11.5 Å². The van der Waals surface area contributed by atoms with E-state index < -0.39 is 5.91 Å². The van der Waals surface area contributed by atoms with Crippen LogP contribution in [0.25, 0.3) is 11.4 Å². The zero-order valence-corrected chi connectivity index (χ0v) is 16.7. The SMILES string of the molecule is COc1ccc(-c2noc(CCCC(=O)Nc3cc(C(N)=O)ccc3OC)n2)cc1. The first kappa shape index (κ1) is 20.8. The van der Waals surface area contributed by atoms with Gasteiger partial charge in [-0.05, 0) is 48.9 Å². The molecule has 3 rings (SSSR count). The first-order chi connectivity index (χ1) is 14.5. The van der Waals surface area contributed by atoms with Gasteiger partial charge in [0.15, 0.2) is 0 Å². The van der Waals surface area contributed by atoms with E-state index in [0.717, 1.165) is 11.3 Å². The Bertz CT molecular complexity index is 1030. The summed E-state index contributed by atoms with van der Waals surface area (Å²) in [4.78, 5) is 28.0. The number of aromatic nitrogens is 2. The number of aryl methyl sites for hydroxylation is 1. The summed E-state index contributed by atoms with van der Waals surface area (Å²) in [6.45, 7) is 0. The molecular formula is C21H22N4O5. The van der Waals surface area contributed by atoms with Crippen molar-refractivity contribution in [2.45, 2.75) is 19.3 Å². The second-order valence-electron chi connectivity index (χ2n) is 6.42. The lowest BCUT2D eigenvalue weighted by Crippen LogP contribution is -2.15. The van der Waals surface area contributed by atoms with Crippen molar-refractivity contribution in [3.05, 3.63) is 53.9 Å². The van der Waals surface area contributed by atoms with E-state index in [1.165, 1.54) is 19.2 Å². The summed E-state index contributed by atoms with van der Waals surface area (Å²) in [5.74, 6) is 1.29. The van der Waals surface area contributed by atoms with E-state index in [2.05, 4.69) is 15.5 Å². The number of nitrogens with one attached hydrogen (secondary N) is 1. The molecule has 0 aliphatic heterocycles. The van der Waals surface area contributed by atoms with Gasteiger partial charge in [-0.3, -0.25) is 9.59 Å². The van der Waals surface area contributed by atoms with E-state index in [4.69, 9.17) is 19.7 Å². The molecule has 0 saturated carbocycles. The minimum atomic E-state index is -0.586. The summed E-state index contributed by atoms with van der Waals surface area (Å²) in [7, 11) is 3.08. The zero-order valence-electron chi connectivity index (χ0n) is 16.7. The molecule has 0 unspecified atom stereocenters. The van der Waals surface area contributed by atoms with Crippen molar-refractivity contribution in [3.8, 4) is 22.9 Å². The third kappa shape index (κ3) is 5.13. The molecule has 156 valence electrons. The molecule has 1 aromatic heterocycles. The van der Waals surface area contributed by atoms with E-state index in [9.17, 15) is 9.59 Å². The number of hydrogen-bond acceptors (Lipinski definition) is 7. The first-order valence-corrected chi connectivity index (χ1v) is 9.25. The van der Waals surface area contributed by atoms with Crippen molar-refractivity contribution in [2.75, 3.05) is 19.5 Å². The summed E-state index contributed by atoms with van der Waals surface area (Å²) in [5, 5.41) is 6.70. The Morgan fingerprint density at radius 3 is 2.53 bits per heavy atom. The highest BCUT2D eigenvalue weighted by molar-refractivity contribution is 5.97. The van der Waals surface area contributed by atoms with Gasteiger partial charge in [-0.25, -0.2) is 0 Å². The minimum Gasteiger partial charge on any atom is -0.497 e. The standard InChI is InChI=1S/C21H22N4O5/c1-28-15-9-6-13(7-10-15)21-24-19(30-25-21)5-3-4-18(26)23-16-12-14(20(22)27)8-11-17(16)29-2/h6-12H,3-5H2,1-2H3,(H2,22,27)(H,23,26). The van der Waals surface area contributed by atoms with Crippen LogP contribution in [0.15, 0.2) is 47.0 Å². The van der Waals surface area contributed by atoms with Gasteiger partial charge in [0.1, 0.15) is 11.5 Å². The van der Waals surface area contributed by atoms with Crippen LogP contribution in [0.3, 0.4) is 0 Å². The summed E-state index contributed by atoms with van der Waals surface area (Å²) < 4.78 is 15.6. The summed E-state index contributed by atoms with van der Waals surface area (Å²) in [6, 6.07) is 11.9. The molecule has 0 spiro atoms. The predicted molar refractivity (Wildman–Crippen MR) is 109 cm³/mol. The van der Waals surface area contributed by atoms with Gasteiger partial charge in [0, 0.05) is 24.0 Å². The van der Waals surface area contributed by atoms with Crippen LogP contribution < -0.4 is 20.5 Å². The monoisotopic (exact) mass is 410 g/mol. The molecule has 3 N–H and O–H groups in total. The van der Waals surface area contributed by atoms with Gasteiger partial charge in [0.2, 0.25) is 23.5 Å². The van der Waals surface area contributed by atoms with Gasteiger partial charge in [-0.15, -0.1) is 0 Å². The maximum atomic E-state index is 12.3. The Morgan fingerprint density at radius 2 is 1.87 bits per heavy atom. The lowest BCUT2D eigenvalue weighted by atomic mass is 10.1. The van der Waals surface area contributed by atoms with Gasteiger partial charge in [-0.1, -0.05) is 5.16 Å². The Balaban J connectivity index is 1.54. The number of methoxy groups -OCH3 is 2. The number of nitrogens with two attached hydrogens (primary N) is 1. The number of anilines is 1. The number of rotatable bonds is 9. The average Bonchev–Trinajstić information content (AvgIpc) is 3.22. The molecule has 0 aliphatic carbocycles. The predicted octanol–water partition coefficient (Wildman–Crippen LogP) is 2.81. The highest BCUT2D eigenvalue weighted by atomic mass is 16.5. The Kier molecular flexibility index (Phi) is 6.63. The van der Waals surface area contributed by atoms with Crippen molar-refractivity contribution < 1.29 is 23.6 Å². The number of carbonyl (C=O) groups excluding carboxylic acids is 2. The van der Waals surface area contributed by atoms with Crippen molar-refractivity contribution in [2.24, 2.45) is 5.73 Å². The third-order valence-corrected chi connectivity index (χ3v) is 4.37. The number of benzene rings is 2. The van der Waals surface area contributed by atoms with E-state index in [1.54, 1.807) is 13.2 Å². The van der Waals surface area contributed by atoms with Crippen LogP contribution in [-0.2, 0) is 11.2 Å². The maximum Gasteiger partial charge on any atom is 0.248 e. The minimum absolute atomic E-state index is 0.226. The van der Waals surface area contributed by atoms with Crippen molar-refractivity contribution >= 4 is 17.5 Å². The lowest BCUT2D eigenvalue weighted by Gasteiger charge is -2.11. The molecule has 1 heterocycles. The molecule has 0 saturated heterocycles. The molecule has 2 aromatic carbocycles. The Morgan fingerprint density at radius 1 is 1.10 bits per heavy atom. The van der Waals surface area contributed by atoms with Crippen molar-refractivity contribution in [1.29, 1.82) is 0 Å². The highest BCUT2D eigenvalue weighted by Crippen LogP contribution is 2.26. The van der Waals surface area contributed by atoms with Crippen LogP contribution in [0.2, 0.25) is 0 Å². The van der Waals surface area contributed by atoms with Crippen LogP contribution in [0, 0.1) is 0 Å². The quantitative estimate of drug-likeness (QED) is 0.555. The molecule has 0 fully saturated rings. The van der Waals surface area contributed by atoms with E-state index in [0.29, 0.717) is 36.0 Å². The van der Waals surface area contributed by atoms with E-state index >= 15 is 0 Å². The topological polar surface area (TPSA) is 130 Å². The lowest BCUT2D eigenvalue weighted by molar-refractivity contribution is -0.116. The molecule has 0 radical (unpaired) electrons. The molecule has 0 atom stereocenters. The number of primary amides is 1. The number of ether oxygens (including phenoxy) is 2. The fourth-order valence-electron chi connectivity index (χ4n) is 2.79. The number of amides is 2. The molecule has 2 amide bonds. The number of nitrogens with zero attached hydrogens (tertiary/aromatic N) is 2. The fourth-order valence-corrected chi connectivity index (χ4v) is 2.79. The zero-order chi connectivity index (χ0) is 21.5. The summed E-state index contributed by atoms with van der Waals surface area (Å²) in [5.41, 5.74) is 6.76. The molecule has 9 nitrogen and oxygen atoms in total. The van der Waals surface area contributed by atoms with Crippen molar-refractivity contribution in [1.82, 2.24) is 10.1 Å². The number of carbonyl (C=O) groups is 2. The van der Waals surface area contributed by atoms with Gasteiger partial charge >= 0.3 is 0 Å². The van der Waals surface area contributed by atoms with Crippen LogP contribution in [0.4, 0.5) is 5.69 Å². The van der Waals surface area contributed by atoms with Gasteiger partial charge in [-0.2, -0.15) is 4.98 Å². The largest absolute Gasteiger partial charge is 0.497 e. The smallest absolute Gasteiger partial charge is 0.248 e. The molecule has 0 aliphatic rings.